The summed E-state index contributed by atoms with van der Waals surface area (Å²) in [7, 11) is 1.89. The van der Waals surface area contributed by atoms with Crippen LogP contribution in [0.15, 0.2) is 6.20 Å². The summed E-state index contributed by atoms with van der Waals surface area (Å²) in [6.45, 7) is 8.08. The van der Waals surface area contributed by atoms with E-state index in [4.69, 9.17) is 0 Å². The predicted molar refractivity (Wildman–Crippen MR) is 94.7 cm³/mol. The second-order valence-corrected chi connectivity index (χ2v) is 7.22. The van der Waals surface area contributed by atoms with Crippen molar-refractivity contribution in [3.05, 3.63) is 17.5 Å². The second-order valence-electron chi connectivity index (χ2n) is 7.22. The molecule has 0 spiro atoms. The van der Waals surface area contributed by atoms with E-state index < -0.39 is 0 Å². The Labute approximate surface area is 149 Å². The fourth-order valence-corrected chi connectivity index (χ4v) is 3.94. The molecule has 3 rings (SSSR count). The van der Waals surface area contributed by atoms with E-state index in [2.05, 4.69) is 22.2 Å². The number of aryl methyl sites for hydroxylation is 1. The van der Waals surface area contributed by atoms with Gasteiger partial charge in [0.15, 0.2) is 0 Å². The lowest BCUT2D eigenvalue weighted by molar-refractivity contribution is -0.129. The predicted octanol–water partition coefficient (Wildman–Crippen LogP) is 0.678. The van der Waals surface area contributed by atoms with E-state index in [0.29, 0.717) is 25.6 Å². The van der Waals surface area contributed by atoms with Crippen LogP contribution in [0.1, 0.15) is 37.4 Å². The highest BCUT2D eigenvalue weighted by Crippen LogP contribution is 2.23. The zero-order valence-corrected chi connectivity index (χ0v) is 15.5. The van der Waals surface area contributed by atoms with Crippen molar-refractivity contribution in [1.82, 2.24) is 24.9 Å². The van der Waals surface area contributed by atoms with Gasteiger partial charge in [0.25, 0.3) is 0 Å². The van der Waals surface area contributed by atoms with Gasteiger partial charge in [-0.2, -0.15) is 5.10 Å². The van der Waals surface area contributed by atoms with E-state index in [1.165, 1.54) is 6.42 Å². The minimum Gasteiger partial charge on any atom is -0.352 e. The molecule has 2 aliphatic heterocycles. The van der Waals surface area contributed by atoms with Crippen LogP contribution in [0.3, 0.4) is 0 Å². The van der Waals surface area contributed by atoms with Gasteiger partial charge < -0.3 is 10.2 Å². The molecule has 0 radical (unpaired) electrons. The topological polar surface area (TPSA) is 70.5 Å². The number of carbonyl (C=O) groups excluding carboxylic acids is 2. The lowest BCUT2D eigenvalue weighted by Crippen LogP contribution is -2.41. The van der Waals surface area contributed by atoms with E-state index in [1.54, 1.807) is 10.9 Å². The van der Waals surface area contributed by atoms with Gasteiger partial charge in [-0.05, 0) is 32.9 Å². The molecule has 0 aliphatic carbocycles. The van der Waals surface area contributed by atoms with E-state index in [-0.39, 0.29) is 17.7 Å². The number of rotatable bonds is 6. The van der Waals surface area contributed by atoms with Crippen LogP contribution in [-0.2, 0) is 23.2 Å². The van der Waals surface area contributed by atoms with Crippen molar-refractivity contribution in [1.29, 1.82) is 0 Å². The number of amides is 2. The highest BCUT2D eigenvalue weighted by molar-refractivity contribution is 5.89. The largest absolute Gasteiger partial charge is 0.352 e. The number of aromatic nitrogens is 2. The van der Waals surface area contributed by atoms with Crippen molar-refractivity contribution >= 4 is 11.8 Å². The zero-order valence-electron chi connectivity index (χ0n) is 15.5. The van der Waals surface area contributed by atoms with Gasteiger partial charge in [-0.15, -0.1) is 0 Å². The fraction of sp³-hybridized carbons (Fsp3) is 0.722. The molecule has 25 heavy (non-hydrogen) atoms. The Balaban J connectivity index is 1.51. The average molecular weight is 347 g/mol. The van der Waals surface area contributed by atoms with E-state index in [0.717, 1.165) is 37.3 Å². The molecule has 1 N–H and O–H groups in total. The van der Waals surface area contributed by atoms with Crippen molar-refractivity contribution in [2.45, 2.75) is 45.7 Å². The molecule has 0 aromatic carbocycles. The molecule has 2 aliphatic rings. The number of carbonyl (C=O) groups is 2. The summed E-state index contributed by atoms with van der Waals surface area (Å²) in [5.41, 5.74) is 2.06. The summed E-state index contributed by atoms with van der Waals surface area (Å²) in [6.07, 6.45) is 4.46. The van der Waals surface area contributed by atoms with E-state index >= 15 is 0 Å². The molecule has 7 nitrogen and oxygen atoms in total. The van der Waals surface area contributed by atoms with E-state index in [9.17, 15) is 9.59 Å². The molecule has 7 heteroatoms. The van der Waals surface area contributed by atoms with Crippen molar-refractivity contribution in [2.24, 2.45) is 13.0 Å². The summed E-state index contributed by atoms with van der Waals surface area (Å²) in [6, 6.07) is 0.453. The SMILES string of the molecule is CCN1CCC[C@@H]1CN1C[C@H](C(=O)NCc2cnn(C)c2C)CC1=O. The summed E-state index contributed by atoms with van der Waals surface area (Å²) in [4.78, 5) is 29.1. The molecule has 2 atom stereocenters. The van der Waals surface area contributed by atoms with Crippen LogP contribution in [-0.4, -0.2) is 63.6 Å². The Bertz CT molecular complexity index is 641. The first-order valence-electron chi connectivity index (χ1n) is 9.26. The molecule has 1 aromatic heterocycles. The molecule has 2 fully saturated rings. The summed E-state index contributed by atoms with van der Waals surface area (Å²) < 4.78 is 1.80. The van der Waals surface area contributed by atoms with Gasteiger partial charge >= 0.3 is 0 Å². The molecule has 2 saturated heterocycles. The third-order valence-corrected chi connectivity index (χ3v) is 5.71. The Morgan fingerprint density at radius 1 is 1.44 bits per heavy atom. The highest BCUT2D eigenvalue weighted by atomic mass is 16.2. The maximum atomic E-state index is 12.5. The van der Waals surface area contributed by atoms with Crippen LogP contribution < -0.4 is 5.32 Å². The van der Waals surface area contributed by atoms with Crippen LogP contribution in [0.4, 0.5) is 0 Å². The molecular formula is C18H29N5O2. The number of hydrogen-bond acceptors (Lipinski definition) is 4. The lowest BCUT2D eigenvalue weighted by atomic mass is 10.1. The van der Waals surface area contributed by atoms with Crippen LogP contribution in [0, 0.1) is 12.8 Å². The average Bonchev–Trinajstić information content (AvgIpc) is 3.28. The van der Waals surface area contributed by atoms with Crippen LogP contribution in [0.2, 0.25) is 0 Å². The third kappa shape index (κ3) is 3.86. The highest BCUT2D eigenvalue weighted by Gasteiger charge is 2.36. The van der Waals surface area contributed by atoms with E-state index in [1.807, 2.05) is 18.9 Å². The summed E-state index contributed by atoms with van der Waals surface area (Å²) >= 11 is 0. The first kappa shape index (κ1) is 17.9. The van der Waals surface area contributed by atoms with Crippen molar-refractivity contribution in [3.63, 3.8) is 0 Å². The zero-order chi connectivity index (χ0) is 18.0. The third-order valence-electron chi connectivity index (χ3n) is 5.71. The van der Waals surface area contributed by atoms with Crippen molar-refractivity contribution < 1.29 is 9.59 Å². The van der Waals surface area contributed by atoms with Gasteiger partial charge in [0.2, 0.25) is 11.8 Å². The number of nitrogens with one attached hydrogen (secondary N) is 1. The maximum absolute atomic E-state index is 12.5. The Morgan fingerprint density at radius 2 is 2.24 bits per heavy atom. The molecule has 0 unspecified atom stereocenters. The van der Waals surface area contributed by atoms with Crippen LogP contribution in [0.25, 0.3) is 0 Å². The summed E-state index contributed by atoms with van der Waals surface area (Å²) in [5, 5.41) is 7.15. The monoisotopic (exact) mass is 347 g/mol. The van der Waals surface area contributed by atoms with Gasteiger partial charge in [0.05, 0.1) is 12.1 Å². The maximum Gasteiger partial charge on any atom is 0.225 e. The molecule has 138 valence electrons. The Morgan fingerprint density at radius 3 is 2.92 bits per heavy atom. The first-order valence-corrected chi connectivity index (χ1v) is 9.26. The molecule has 1 aromatic rings. The number of nitrogens with zero attached hydrogens (tertiary/aromatic N) is 4. The smallest absolute Gasteiger partial charge is 0.225 e. The van der Waals surface area contributed by atoms with Crippen LogP contribution in [0.5, 0.6) is 0 Å². The quantitative estimate of drug-likeness (QED) is 0.821. The van der Waals surface area contributed by atoms with Crippen molar-refractivity contribution in [2.75, 3.05) is 26.2 Å². The second kappa shape index (κ2) is 7.56. The van der Waals surface area contributed by atoms with Gasteiger partial charge in [-0.3, -0.25) is 19.2 Å². The van der Waals surface area contributed by atoms with Gasteiger partial charge in [-0.25, -0.2) is 0 Å². The Hall–Kier alpha value is -1.89. The van der Waals surface area contributed by atoms with Crippen molar-refractivity contribution in [3.8, 4) is 0 Å². The van der Waals surface area contributed by atoms with Gasteiger partial charge in [-0.1, -0.05) is 6.92 Å². The van der Waals surface area contributed by atoms with Gasteiger partial charge in [0.1, 0.15) is 0 Å². The first-order chi connectivity index (χ1) is 12.0. The molecular weight excluding hydrogens is 318 g/mol. The fourth-order valence-electron chi connectivity index (χ4n) is 3.94. The minimum atomic E-state index is -0.235. The lowest BCUT2D eigenvalue weighted by Gasteiger charge is -2.27. The molecule has 0 saturated carbocycles. The molecule has 0 bridgehead atoms. The molecule has 2 amide bonds. The number of hydrogen-bond donors (Lipinski definition) is 1. The van der Waals surface area contributed by atoms with Crippen LogP contribution >= 0.6 is 0 Å². The van der Waals surface area contributed by atoms with Gasteiger partial charge in [0, 0.05) is 50.4 Å². The minimum absolute atomic E-state index is 0.0297. The number of likely N-dealkylation sites (N-methyl/N-ethyl adjacent to an activating group) is 1. The Kier molecular flexibility index (Phi) is 5.42. The molecule has 3 heterocycles. The normalized spacial score (nSPS) is 24.3. The standard InChI is InChI=1S/C18H29N5O2/c1-4-22-7-5-6-16(22)12-23-11-14(8-17(23)24)18(25)19-9-15-10-20-21(3)13(15)2/h10,14,16H,4-9,11-12H2,1-3H3,(H,19,25)/t14-,16-/m1/s1. The number of likely N-dealkylation sites (tertiary alicyclic amines) is 2. The summed E-state index contributed by atoms with van der Waals surface area (Å²) in [5.74, 6) is -0.153.